The number of nitrogens with one attached hydrogen (secondary N) is 1. The predicted molar refractivity (Wildman–Crippen MR) is 68.9 cm³/mol. The molecule has 0 saturated heterocycles. The Labute approximate surface area is 95.8 Å². The summed E-state index contributed by atoms with van der Waals surface area (Å²) >= 11 is 0. The van der Waals surface area contributed by atoms with Gasteiger partial charge in [0.2, 0.25) is 6.41 Å². The maximum absolute atomic E-state index is 9.06. The Morgan fingerprint density at radius 3 is 1.80 bits per heavy atom. The first-order valence-corrected chi connectivity index (χ1v) is 6.14. The van der Waals surface area contributed by atoms with Crippen molar-refractivity contribution in [3.63, 3.8) is 0 Å². The summed E-state index contributed by atoms with van der Waals surface area (Å²) in [5.74, 6) is 0. The fourth-order valence-corrected chi connectivity index (χ4v) is 0.925. The number of carbonyl (C=O) groups excluding carboxylic acids is 1. The first-order valence-electron chi connectivity index (χ1n) is 6.14. The zero-order valence-corrected chi connectivity index (χ0v) is 11.0. The normalized spacial score (nSPS) is 7.80. The molecule has 0 rings (SSSR count). The summed E-state index contributed by atoms with van der Waals surface area (Å²) in [4.78, 5) is 9.06. The highest BCUT2D eigenvalue weighted by molar-refractivity contribution is 5.44. The van der Waals surface area contributed by atoms with Crippen molar-refractivity contribution >= 4 is 6.41 Å². The van der Waals surface area contributed by atoms with Crippen LogP contribution in [0.3, 0.4) is 0 Å². The summed E-state index contributed by atoms with van der Waals surface area (Å²) in [6, 6.07) is 0. The molecule has 15 heavy (non-hydrogen) atoms. The van der Waals surface area contributed by atoms with Crippen LogP contribution in [0.25, 0.3) is 0 Å². The highest BCUT2D eigenvalue weighted by atomic mass is 16.1. The number of hydrogen-bond donors (Lipinski definition) is 2. The first kappa shape index (κ1) is 19.9. The zero-order chi connectivity index (χ0) is 12.4. The van der Waals surface area contributed by atoms with Crippen molar-refractivity contribution in [3.05, 3.63) is 0 Å². The molecular formula is C12H30N2O. The molecule has 1 amide bonds. The Bertz CT molecular complexity index is 81.7. The Morgan fingerprint density at radius 1 is 1.07 bits per heavy atom. The average molecular weight is 218 g/mol. The maximum Gasteiger partial charge on any atom is 0.206 e. The highest BCUT2D eigenvalue weighted by Gasteiger charge is 1.85. The van der Waals surface area contributed by atoms with Gasteiger partial charge in [-0.15, -0.1) is 0 Å². The summed E-state index contributed by atoms with van der Waals surface area (Å²) in [6.45, 7) is 7.11. The van der Waals surface area contributed by atoms with Crippen LogP contribution in [0.2, 0.25) is 0 Å². The number of amides is 1. The van der Waals surface area contributed by atoms with E-state index in [4.69, 9.17) is 10.5 Å². The van der Waals surface area contributed by atoms with E-state index in [1.165, 1.54) is 38.5 Å². The third kappa shape index (κ3) is 42.4. The molecule has 0 aliphatic carbocycles. The van der Waals surface area contributed by atoms with Crippen LogP contribution in [0.4, 0.5) is 0 Å². The standard InChI is InChI=1S/C8H19N.C2H5NO.C2H6/c1-2-3-4-5-6-7-8-9;1-3-2-4;1-2/h2-9H2,1H3;2H,1H3,(H,3,4);1-2H3. The van der Waals surface area contributed by atoms with E-state index in [1.807, 2.05) is 13.8 Å². The van der Waals surface area contributed by atoms with Crippen molar-refractivity contribution in [1.29, 1.82) is 0 Å². The summed E-state index contributed by atoms with van der Waals surface area (Å²) in [5, 5.41) is 2.25. The second-order valence-corrected chi connectivity index (χ2v) is 2.96. The van der Waals surface area contributed by atoms with Crippen LogP contribution in [-0.4, -0.2) is 20.0 Å². The van der Waals surface area contributed by atoms with Gasteiger partial charge in [0, 0.05) is 7.05 Å². The lowest BCUT2D eigenvalue weighted by Gasteiger charge is -1.96. The topological polar surface area (TPSA) is 55.1 Å². The monoisotopic (exact) mass is 218 g/mol. The van der Waals surface area contributed by atoms with Crippen LogP contribution in [-0.2, 0) is 4.79 Å². The number of nitrogens with two attached hydrogens (primary N) is 1. The zero-order valence-electron chi connectivity index (χ0n) is 11.0. The van der Waals surface area contributed by atoms with Crippen molar-refractivity contribution in [2.24, 2.45) is 5.73 Å². The minimum absolute atomic E-state index is 0.625. The van der Waals surface area contributed by atoms with Crippen LogP contribution in [0, 0.1) is 0 Å². The molecule has 0 saturated carbocycles. The van der Waals surface area contributed by atoms with Crippen molar-refractivity contribution in [2.75, 3.05) is 13.6 Å². The Balaban J connectivity index is -0.000000202. The van der Waals surface area contributed by atoms with Crippen molar-refractivity contribution in [3.8, 4) is 0 Å². The molecule has 0 aromatic heterocycles. The van der Waals surface area contributed by atoms with Gasteiger partial charge in [-0.1, -0.05) is 52.9 Å². The van der Waals surface area contributed by atoms with Crippen molar-refractivity contribution in [2.45, 2.75) is 59.3 Å². The Hall–Kier alpha value is -0.570. The molecule has 0 bridgehead atoms. The summed E-state index contributed by atoms with van der Waals surface area (Å²) in [5.41, 5.74) is 5.34. The SMILES string of the molecule is CC.CCCCCCCCN.CNC=O. The van der Waals surface area contributed by atoms with Gasteiger partial charge in [0.25, 0.3) is 0 Å². The van der Waals surface area contributed by atoms with E-state index in [2.05, 4.69) is 12.2 Å². The summed E-state index contributed by atoms with van der Waals surface area (Å²) < 4.78 is 0. The predicted octanol–water partition coefficient (Wildman–Crippen LogP) is 2.69. The minimum Gasteiger partial charge on any atom is -0.362 e. The number of rotatable bonds is 7. The van der Waals surface area contributed by atoms with E-state index in [1.54, 1.807) is 7.05 Å². The second-order valence-electron chi connectivity index (χ2n) is 2.96. The largest absolute Gasteiger partial charge is 0.362 e. The van der Waals surface area contributed by atoms with Crippen LogP contribution >= 0.6 is 0 Å². The van der Waals surface area contributed by atoms with E-state index in [9.17, 15) is 0 Å². The highest BCUT2D eigenvalue weighted by Crippen LogP contribution is 2.03. The smallest absolute Gasteiger partial charge is 0.206 e. The van der Waals surface area contributed by atoms with Crippen molar-refractivity contribution < 1.29 is 4.79 Å². The fourth-order valence-electron chi connectivity index (χ4n) is 0.925. The molecule has 0 aromatic carbocycles. The summed E-state index contributed by atoms with van der Waals surface area (Å²) in [6.07, 6.45) is 8.68. The third-order valence-electron chi connectivity index (χ3n) is 1.68. The van der Waals surface area contributed by atoms with E-state index < -0.39 is 0 Å². The van der Waals surface area contributed by atoms with Gasteiger partial charge in [0.05, 0.1) is 0 Å². The fraction of sp³-hybridized carbons (Fsp3) is 0.917. The quantitative estimate of drug-likeness (QED) is 0.510. The number of hydrogen-bond acceptors (Lipinski definition) is 2. The van der Waals surface area contributed by atoms with E-state index >= 15 is 0 Å². The molecule has 94 valence electrons. The van der Waals surface area contributed by atoms with Gasteiger partial charge < -0.3 is 11.1 Å². The van der Waals surface area contributed by atoms with Gasteiger partial charge in [-0.05, 0) is 13.0 Å². The lowest BCUT2D eigenvalue weighted by Crippen LogP contribution is -1.98. The van der Waals surface area contributed by atoms with Crippen LogP contribution in [0.15, 0.2) is 0 Å². The van der Waals surface area contributed by atoms with Gasteiger partial charge >= 0.3 is 0 Å². The molecular weight excluding hydrogens is 188 g/mol. The van der Waals surface area contributed by atoms with Gasteiger partial charge in [0.15, 0.2) is 0 Å². The molecule has 3 nitrogen and oxygen atoms in total. The van der Waals surface area contributed by atoms with E-state index in [-0.39, 0.29) is 0 Å². The lowest BCUT2D eigenvalue weighted by molar-refractivity contribution is -0.109. The number of unbranched alkanes of at least 4 members (excludes halogenated alkanes) is 5. The molecule has 3 N–H and O–H groups in total. The first-order chi connectivity index (χ1) is 7.33. The Morgan fingerprint density at radius 2 is 1.47 bits per heavy atom. The van der Waals surface area contributed by atoms with Crippen LogP contribution < -0.4 is 11.1 Å². The van der Waals surface area contributed by atoms with Crippen molar-refractivity contribution in [1.82, 2.24) is 5.32 Å². The third-order valence-corrected chi connectivity index (χ3v) is 1.68. The average Bonchev–Trinajstić information content (AvgIpc) is 2.32. The van der Waals surface area contributed by atoms with Crippen LogP contribution in [0.5, 0.6) is 0 Å². The molecule has 0 fully saturated rings. The maximum atomic E-state index is 9.06. The van der Waals surface area contributed by atoms with E-state index in [0.717, 1.165) is 6.54 Å². The molecule has 0 aliphatic rings. The lowest BCUT2D eigenvalue weighted by atomic mass is 10.1. The summed E-state index contributed by atoms with van der Waals surface area (Å²) in [7, 11) is 1.56. The molecule has 0 heterocycles. The number of carbonyl (C=O) groups is 1. The molecule has 0 aromatic rings. The van der Waals surface area contributed by atoms with Crippen LogP contribution in [0.1, 0.15) is 59.3 Å². The van der Waals surface area contributed by atoms with Gasteiger partial charge in [-0.2, -0.15) is 0 Å². The molecule has 0 spiro atoms. The molecule has 3 heteroatoms. The van der Waals surface area contributed by atoms with E-state index in [0.29, 0.717) is 6.41 Å². The van der Waals surface area contributed by atoms with Gasteiger partial charge in [-0.25, -0.2) is 0 Å². The van der Waals surface area contributed by atoms with Gasteiger partial charge in [-0.3, -0.25) is 4.79 Å². The molecule has 0 unspecified atom stereocenters. The van der Waals surface area contributed by atoms with Gasteiger partial charge in [0.1, 0.15) is 0 Å². The molecule has 0 aliphatic heterocycles. The minimum atomic E-state index is 0.625. The molecule has 0 radical (unpaired) electrons. The Kier molecular flexibility index (Phi) is 38.8. The second kappa shape index (κ2) is 29.2. The molecule has 0 atom stereocenters.